The Morgan fingerprint density at radius 3 is 2.83 bits per heavy atom. The molecule has 0 aliphatic heterocycles. The van der Waals surface area contributed by atoms with Gasteiger partial charge in [-0.3, -0.25) is 0 Å². The van der Waals surface area contributed by atoms with Crippen molar-refractivity contribution < 1.29 is 9.13 Å². The molecule has 0 radical (unpaired) electrons. The van der Waals surface area contributed by atoms with Crippen molar-refractivity contribution in [1.29, 1.82) is 0 Å². The van der Waals surface area contributed by atoms with Crippen LogP contribution >= 0.6 is 0 Å². The highest BCUT2D eigenvalue weighted by molar-refractivity contribution is 5.81. The summed E-state index contributed by atoms with van der Waals surface area (Å²) in [5.74, 6) is 0.867. The summed E-state index contributed by atoms with van der Waals surface area (Å²) in [4.78, 5) is 4.73. The summed E-state index contributed by atoms with van der Waals surface area (Å²) in [6.07, 6.45) is 5.62. The molecule has 0 bridgehead atoms. The minimum absolute atomic E-state index is 0.309. The average molecular weight is 313 g/mol. The summed E-state index contributed by atoms with van der Waals surface area (Å²) in [7, 11) is 1.57. The van der Waals surface area contributed by atoms with Gasteiger partial charge in [0.2, 0.25) is 0 Å². The Hall–Kier alpha value is -2.43. The molecule has 1 aromatic carbocycles. The fraction of sp³-hybridized carbons (Fsp3) is 0.333. The molecule has 0 fully saturated rings. The number of aromatic nitrogens is 3. The lowest BCUT2D eigenvalue weighted by Crippen LogP contribution is -2.02. The fourth-order valence-corrected chi connectivity index (χ4v) is 2.60. The van der Waals surface area contributed by atoms with Gasteiger partial charge in [0, 0.05) is 17.5 Å². The van der Waals surface area contributed by atoms with Crippen LogP contribution in [0.2, 0.25) is 0 Å². The van der Waals surface area contributed by atoms with Crippen LogP contribution in [0.4, 0.5) is 4.39 Å². The molecule has 2 heterocycles. The summed E-state index contributed by atoms with van der Waals surface area (Å²) in [6, 6.07) is 6.45. The Morgan fingerprint density at radius 2 is 2.09 bits per heavy atom. The third-order valence-corrected chi connectivity index (χ3v) is 4.13. The molecule has 0 saturated heterocycles. The first kappa shape index (κ1) is 15.5. The molecule has 1 unspecified atom stereocenters. The second-order valence-corrected chi connectivity index (χ2v) is 5.81. The summed E-state index contributed by atoms with van der Waals surface area (Å²) in [5.41, 5.74) is 3.17. The van der Waals surface area contributed by atoms with Gasteiger partial charge in [0.25, 0.3) is 0 Å². The maximum Gasteiger partial charge on any atom is 0.163 e. The van der Waals surface area contributed by atoms with Crippen molar-refractivity contribution in [1.82, 2.24) is 14.6 Å². The van der Waals surface area contributed by atoms with E-state index in [2.05, 4.69) is 18.9 Å². The number of rotatable bonds is 5. The molecule has 0 amide bonds. The van der Waals surface area contributed by atoms with Crippen LogP contribution in [0.25, 0.3) is 16.8 Å². The third kappa shape index (κ3) is 3.04. The number of methoxy groups -OCH3 is 1. The second kappa shape index (κ2) is 6.36. The zero-order chi connectivity index (χ0) is 16.4. The van der Waals surface area contributed by atoms with E-state index in [1.165, 1.54) is 12.1 Å². The fourth-order valence-electron chi connectivity index (χ4n) is 2.60. The Kier molecular flexibility index (Phi) is 4.28. The van der Waals surface area contributed by atoms with Crippen LogP contribution in [-0.4, -0.2) is 21.7 Å². The normalized spacial score (nSPS) is 12.5. The van der Waals surface area contributed by atoms with Crippen molar-refractivity contribution in [3.05, 3.63) is 48.2 Å². The number of halogens is 1. The lowest BCUT2D eigenvalue weighted by Gasteiger charge is -2.09. The number of ether oxygens (including phenoxy) is 1. The molecule has 5 heteroatoms. The molecular formula is C18H20FN3O. The topological polar surface area (TPSA) is 39.4 Å². The van der Waals surface area contributed by atoms with Crippen molar-refractivity contribution in [2.24, 2.45) is 5.92 Å². The van der Waals surface area contributed by atoms with E-state index in [9.17, 15) is 4.39 Å². The van der Waals surface area contributed by atoms with Gasteiger partial charge in [-0.25, -0.2) is 13.9 Å². The Bertz CT molecular complexity index is 828. The van der Waals surface area contributed by atoms with Gasteiger partial charge in [0.1, 0.15) is 11.6 Å². The summed E-state index contributed by atoms with van der Waals surface area (Å²) >= 11 is 0. The highest BCUT2D eigenvalue weighted by Crippen LogP contribution is 2.32. The number of nitrogens with zero attached hydrogens (tertiary/aromatic N) is 3. The first-order chi connectivity index (χ1) is 11.1. The van der Waals surface area contributed by atoms with Crippen molar-refractivity contribution in [2.45, 2.75) is 26.7 Å². The van der Waals surface area contributed by atoms with E-state index < -0.39 is 0 Å². The Balaban J connectivity index is 2.11. The molecule has 0 N–H and O–H groups in total. The maximum absolute atomic E-state index is 13.7. The summed E-state index contributed by atoms with van der Waals surface area (Å²) in [5, 5.41) is 4.32. The Labute approximate surface area is 134 Å². The van der Waals surface area contributed by atoms with E-state index in [1.807, 2.05) is 12.3 Å². The van der Waals surface area contributed by atoms with Crippen molar-refractivity contribution in [2.75, 3.05) is 7.11 Å². The van der Waals surface area contributed by atoms with Crippen LogP contribution < -0.4 is 4.74 Å². The number of fused-ring (bicyclic) bond motifs is 1. The predicted molar refractivity (Wildman–Crippen MR) is 88.1 cm³/mol. The highest BCUT2D eigenvalue weighted by Gasteiger charge is 2.15. The largest absolute Gasteiger partial charge is 0.496 e. The smallest absolute Gasteiger partial charge is 0.163 e. The van der Waals surface area contributed by atoms with Gasteiger partial charge in [0.05, 0.1) is 18.9 Å². The van der Waals surface area contributed by atoms with Crippen LogP contribution in [0.15, 0.2) is 36.7 Å². The second-order valence-electron chi connectivity index (χ2n) is 5.81. The van der Waals surface area contributed by atoms with Crippen LogP contribution in [-0.2, 0) is 6.42 Å². The molecule has 2 aromatic heterocycles. The minimum atomic E-state index is -0.309. The number of hydrogen-bond donors (Lipinski definition) is 0. The highest BCUT2D eigenvalue weighted by atomic mass is 19.1. The molecule has 0 aliphatic rings. The summed E-state index contributed by atoms with van der Waals surface area (Å²) in [6.45, 7) is 4.38. The van der Waals surface area contributed by atoms with Gasteiger partial charge in [0.15, 0.2) is 5.65 Å². The predicted octanol–water partition coefficient (Wildman–Crippen LogP) is 4.13. The van der Waals surface area contributed by atoms with E-state index in [4.69, 9.17) is 9.72 Å². The van der Waals surface area contributed by atoms with E-state index in [-0.39, 0.29) is 5.82 Å². The molecule has 3 rings (SSSR count). The molecule has 0 saturated carbocycles. The maximum atomic E-state index is 13.7. The van der Waals surface area contributed by atoms with E-state index in [0.717, 1.165) is 29.7 Å². The van der Waals surface area contributed by atoms with E-state index in [1.54, 1.807) is 23.9 Å². The zero-order valence-corrected chi connectivity index (χ0v) is 13.6. The quantitative estimate of drug-likeness (QED) is 0.711. The molecule has 3 aromatic rings. The molecule has 4 nitrogen and oxygen atoms in total. The first-order valence-electron chi connectivity index (χ1n) is 7.79. The van der Waals surface area contributed by atoms with Crippen molar-refractivity contribution >= 4 is 5.65 Å². The van der Waals surface area contributed by atoms with Crippen molar-refractivity contribution in [3.8, 4) is 16.9 Å². The molecule has 0 spiro atoms. The molecule has 1 atom stereocenters. The number of hydrogen-bond acceptors (Lipinski definition) is 3. The monoisotopic (exact) mass is 313 g/mol. The zero-order valence-electron chi connectivity index (χ0n) is 13.6. The van der Waals surface area contributed by atoms with Crippen LogP contribution in [0.5, 0.6) is 5.75 Å². The van der Waals surface area contributed by atoms with Crippen LogP contribution in [0.3, 0.4) is 0 Å². The van der Waals surface area contributed by atoms with E-state index in [0.29, 0.717) is 17.2 Å². The average Bonchev–Trinajstić information content (AvgIpc) is 2.97. The van der Waals surface area contributed by atoms with Gasteiger partial charge in [-0.1, -0.05) is 20.3 Å². The Morgan fingerprint density at radius 1 is 1.26 bits per heavy atom. The van der Waals surface area contributed by atoms with Gasteiger partial charge < -0.3 is 4.74 Å². The molecule has 120 valence electrons. The summed E-state index contributed by atoms with van der Waals surface area (Å²) < 4.78 is 20.7. The van der Waals surface area contributed by atoms with E-state index >= 15 is 0 Å². The van der Waals surface area contributed by atoms with Crippen LogP contribution in [0, 0.1) is 11.7 Å². The molecule has 23 heavy (non-hydrogen) atoms. The SMILES string of the molecule is CCC(C)Cc1ccn2ncc(-c3cc(F)ccc3OC)c2n1. The third-order valence-electron chi connectivity index (χ3n) is 4.13. The van der Waals surface area contributed by atoms with Crippen LogP contribution in [0.1, 0.15) is 26.0 Å². The molecular weight excluding hydrogens is 293 g/mol. The van der Waals surface area contributed by atoms with Crippen molar-refractivity contribution in [3.63, 3.8) is 0 Å². The van der Waals surface area contributed by atoms with Gasteiger partial charge in [-0.15, -0.1) is 0 Å². The first-order valence-corrected chi connectivity index (χ1v) is 7.79. The lowest BCUT2D eigenvalue weighted by atomic mass is 10.0. The van der Waals surface area contributed by atoms with Gasteiger partial charge >= 0.3 is 0 Å². The standard InChI is InChI=1S/C18H20FN3O/c1-4-12(2)9-14-7-8-22-18(21-14)16(11-20-22)15-10-13(19)5-6-17(15)23-3/h5-8,10-12H,4,9H2,1-3H3. The lowest BCUT2D eigenvalue weighted by molar-refractivity contribution is 0.415. The number of benzene rings is 1. The molecule has 0 aliphatic carbocycles. The van der Waals surface area contributed by atoms with Gasteiger partial charge in [-0.2, -0.15) is 5.10 Å². The van der Waals surface area contributed by atoms with Gasteiger partial charge in [-0.05, 0) is 36.6 Å². The minimum Gasteiger partial charge on any atom is -0.496 e.